The molecule has 0 saturated heterocycles. The third-order valence-corrected chi connectivity index (χ3v) is 3.37. The van der Waals surface area contributed by atoms with Crippen molar-refractivity contribution in [3.05, 3.63) is 0 Å². The molecule has 0 aliphatic rings. The number of hydrogen-bond donors (Lipinski definition) is 0. The van der Waals surface area contributed by atoms with E-state index in [0.717, 1.165) is 23.7 Å². The van der Waals surface area contributed by atoms with Crippen molar-refractivity contribution in [2.75, 3.05) is 0 Å². The molecule has 0 aliphatic carbocycles. The van der Waals surface area contributed by atoms with Crippen molar-refractivity contribution in [2.24, 2.45) is 23.7 Å². The Balaban J connectivity index is 4.21. The highest BCUT2D eigenvalue weighted by Gasteiger charge is 2.23. The molecular formula is C12H26. The van der Waals surface area contributed by atoms with Gasteiger partial charge in [-0.25, -0.2) is 0 Å². The summed E-state index contributed by atoms with van der Waals surface area (Å²) in [6, 6.07) is 0. The zero-order valence-electron chi connectivity index (χ0n) is 9.72. The van der Waals surface area contributed by atoms with Gasteiger partial charge in [-0.05, 0) is 23.7 Å². The molecule has 0 heterocycles. The number of rotatable bonds is 5. The van der Waals surface area contributed by atoms with Crippen molar-refractivity contribution >= 4 is 0 Å². The van der Waals surface area contributed by atoms with Gasteiger partial charge in [0, 0.05) is 0 Å². The summed E-state index contributed by atoms with van der Waals surface area (Å²) < 4.78 is 0. The molecule has 12 heavy (non-hydrogen) atoms. The first-order chi connectivity index (χ1) is 5.54. The van der Waals surface area contributed by atoms with E-state index in [0.29, 0.717) is 0 Å². The van der Waals surface area contributed by atoms with Gasteiger partial charge in [-0.15, -0.1) is 0 Å². The average Bonchev–Trinajstić information content (AvgIpc) is 2.03. The summed E-state index contributed by atoms with van der Waals surface area (Å²) in [6.45, 7) is 14.1. The highest BCUT2D eigenvalue weighted by atomic mass is 14.3. The largest absolute Gasteiger partial charge is 0.0651 e. The van der Waals surface area contributed by atoms with Crippen molar-refractivity contribution in [3.8, 4) is 0 Å². The predicted molar refractivity (Wildman–Crippen MR) is 57.2 cm³/mol. The van der Waals surface area contributed by atoms with E-state index < -0.39 is 0 Å². The molecule has 0 bridgehead atoms. The second-order valence-corrected chi connectivity index (χ2v) is 4.59. The Hall–Kier alpha value is 0. The maximum atomic E-state index is 2.40. The second-order valence-electron chi connectivity index (χ2n) is 4.59. The maximum absolute atomic E-state index is 2.40. The summed E-state index contributed by atoms with van der Waals surface area (Å²) in [7, 11) is 0. The molecule has 0 heteroatoms. The van der Waals surface area contributed by atoms with Crippen LogP contribution in [0, 0.1) is 23.7 Å². The normalized spacial score (nSPS) is 19.2. The van der Waals surface area contributed by atoms with E-state index in [1.54, 1.807) is 0 Å². The molecular weight excluding hydrogens is 144 g/mol. The Morgan fingerprint density at radius 3 is 1.25 bits per heavy atom. The Morgan fingerprint density at radius 2 is 1.08 bits per heavy atom. The summed E-state index contributed by atoms with van der Waals surface area (Å²) >= 11 is 0. The van der Waals surface area contributed by atoms with Gasteiger partial charge in [-0.1, -0.05) is 54.4 Å². The third-order valence-electron chi connectivity index (χ3n) is 3.37. The van der Waals surface area contributed by atoms with E-state index in [4.69, 9.17) is 0 Å². The van der Waals surface area contributed by atoms with Crippen molar-refractivity contribution in [3.63, 3.8) is 0 Å². The lowest BCUT2D eigenvalue weighted by Crippen LogP contribution is -2.24. The lowest BCUT2D eigenvalue weighted by Gasteiger charge is -2.31. The van der Waals surface area contributed by atoms with Crippen molar-refractivity contribution in [2.45, 2.75) is 54.4 Å². The van der Waals surface area contributed by atoms with Gasteiger partial charge >= 0.3 is 0 Å². The van der Waals surface area contributed by atoms with Crippen LogP contribution in [0.5, 0.6) is 0 Å². The van der Waals surface area contributed by atoms with Crippen LogP contribution < -0.4 is 0 Å². The van der Waals surface area contributed by atoms with E-state index in [1.165, 1.54) is 12.8 Å². The summed E-state index contributed by atoms with van der Waals surface area (Å²) in [4.78, 5) is 0. The Bertz CT molecular complexity index is 94.6. The van der Waals surface area contributed by atoms with Gasteiger partial charge in [-0.2, -0.15) is 0 Å². The zero-order valence-corrected chi connectivity index (χ0v) is 9.72. The Kier molecular flexibility index (Phi) is 5.61. The van der Waals surface area contributed by atoms with Crippen LogP contribution in [0.25, 0.3) is 0 Å². The predicted octanol–water partition coefficient (Wildman–Crippen LogP) is 4.35. The van der Waals surface area contributed by atoms with Gasteiger partial charge in [0.25, 0.3) is 0 Å². The van der Waals surface area contributed by atoms with Crippen LogP contribution >= 0.6 is 0 Å². The van der Waals surface area contributed by atoms with Gasteiger partial charge in [0.1, 0.15) is 0 Å². The molecule has 2 unspecified atom stereocenters. The summed E-state index contributed by atoms with van der Waals surface area (Å²) in [5, 5.41) is 0. The molecule has 0 N–H and O–H groups in total. The van der Waals surface area contributed by atoms with E-state index in [1.807, 2.05) is 0 Å². The maximum Gasteiger partial charge on any atom is -0.0340 e. The van der Waals surface area contributed by atoms with Gasteiger partial charge in [-0.3, -0.25) is 0 Å². The second kappa shape index (κ2) is 5.61. The quantitative estimate of drug-likeness (QED) is 0.575. The minimum atomic E-state index is 0.842. The highest BCUT2D eigenvalue weighted by molar-refractivity contribution is 4.73. The van der Waals surface area contributed by atoms with Crippen LogP contribution in [0.1, 0.15) is 54.4 Å². The lowest BCUT2D eigenvalue weighted by atomic mass is 9.74. The molecule has 0 aromatic rings. The molecule has 0 nitrogen and oxygen atoms in total. The van der Waals surface area contributed by atoms with E-state index in [2.05, 4.69) is 41.5 Å². The molecule has 0 aromatic heterocycles. The lowest BCUT2D eigenvalue weighted by molar-refractivity contribution is 0.178. The topological polar surface area (TPSA) is 0 Å². The molecule has 0 amide bonds. The van der Waals surface area contributed by atoms with Crippen molar-refractivity contribution in [1.82, 2.24) is 0 Å². The van der Waals surface area contributed by atoms with Crippen LogP contribution in [0.4, 0.5) is 0 Å². The monoisotopic (exact) mass is 170 g/mol. The molecule has 2 atom stereocenters. The summed E-state index contributed by atoms with van der Waals surface area (Å²) in [5.41, 5.74) is 0. The van der Waals surface area contributed by atoms with Crippen LogP contribution in [0.15, 0.2) is 0 Å². The van der Waals surface area contributed by atoms with Crippen LogP contribution in [-0.4, -0.2) is 0 Å². The summed E-state index contributed by atoms with van der Waals surface area (Å²) in [5.74, 6) is 3.54. The van der Waals surface area contributed by atoms with E-state index in [9.17, 15) is 0 Å². The minimum Gasteiger partial charge on any atom is -0.0651 e. The van der Waals surface area contributed by atoms with Crippen LogP contribution in [-0.2, 0) is 0 Å². The van der Waals surface area contributed by atoms with Crippen LogP contribution in [0.3, 0.4) is 0 Å². The zero-order chi connectivity index (χ0) is 9.72. The minimum absolute atomic E-state index is 0.842. The molecule has 0 rings (SSSR count). The van der Waals surface area contributed by atoms with Gasteiger partial charge in [0.05, 0.1) is 0 Å². The first kappa shape index (κ1) is 12.0. The van der Waals surface area contributed by atoms with E-state index >= 15 is 0 Å². The van der Waals surface area contributed by atoms with Gasteiger partial charge < -0.3 is 0 Å². The summed E-state index contributed by atoms with van der Waals surface area (Å²) in [6.07, 6.45) is 2.65. The van der Waals surface area contributed by atoms with Gasteiger partial charge in [0.2, 0.25) is 0 Å². The fourth-order valence-electron chi connectivity index (χ4n) is 2.42. The smallest absolute Gasteiger partial charge is 0.0340 e. The standard InChI is InChI=1S/C12H26/c1-7-10(5)12(9(3)4)11(6)8-2/h9-12H,7-8H2,1-6H3. The first-order valence-electron chi connectivity index (χ1n) is 5.54. The van der Waals surface area contributed by atoms with Crippen molar-refractivity contribution < 1.29 is 0 Å². The van der Waals surface area contributed by atoms with Crippen molar-refractivity contribution in [1.29, 1.82) is 0 Å². The molecule has 0 saturated carbocycles. The van der Waals surface area contributed by atoms with E-state index in [-0.39, 0.29) is 0 Å². The molecule has 0 radical (unpaired) electrons. The number of hydrogen-bond acceptors (Lipinski definition) is 0. The molecule has 0 fully saturated rings. The molecule has 0 spiro atoms. The first-order valence-corrected chi connectivity index (χ1v) is 5.54. The SMILES string of the molecule is CCC(C)C(C(C)C)C(C)CC. The Morgan fingerprint density at radius 1 is 0.750 bits per heavy atom. The Labute approximate surface area is 78.8 Å². The van der Waals surface area contributed by atoms with Crippen LogP contribution in [0.2, 0.25) is 0 Å². The highest BCUT2D eigenvalue weighted by Crippen LogP contribution is 2.32. The molecule has 0 aliphatic heterocycles. The van der Waals surface area contributed by atoms with Gasteiger partial charge in [0.15, 0.2) is 0 Å². The average molecular weight is 170 g/mol. The fourth-order valence-corrected chi connectivity index (χ4v) is 2.42. The molecule has 74 valence electrons. The molecule has 0 aromatic carbocycles. The fraction of sp³-hybridized carbons (Fsp3) is 1.00. The third kappa shape index (κ3) is 3.16.